The molecule has 0 nitrogen and oxygen atoms in total. The largest absolute Gasteiger partial charge is 0.0654 e. The predicted molar refractivity (Wildman–Crippen MR) is 80.7 cm³/mol. The van der Waals surface area contributed by atoms with E-state index in [-0.39, 0.29) is 0 Å². The summed E-state index contributed by atoms with van der Waals surface area (Å²) in [5.41, 5.74) is 1.49. The summed E-state index contributed by atoms with van der Waals surface area (Å²) in [6.07, 6.45) is 14.9. The molecule has 0 saturated heterocycles. The van der Waals surface area contributed by atoms with E-state index in [0.717, 1.165) is 22.7 Å². The molecule has 3 aliphatic carbocycles. The second-order valence-electron chi connectivity index (χ2n) is 8.05. The molecular weight excluding hydrogens is 216 g/mol. The SMILES string of the molecule is CCCC(C)CCC(C)C12CCC(C)(CC1)CC2. The summed E-state index contributed by atoms with van der Waals surface area (Å²) in [4.78, 5) is 0. The van der Waals surface area contributed by atoms with E-state index in [2.05, 4.69) is 27.7 Å². The Morgan fingerprint density at radius 2 is 1.39 bits per heavy atom. The quantitative estimate of drug-likeness (QED) is 0.526. The lowest BCUT2D eigenvalue weighted by Crippen LogP contribution is -2.43. The lowest BCUT2D eigenvalue weighted by molar-refractivity contribution is -0.0370. The predicted octanol–water partition coefficient (Wildman–Crippen LogP) is 6.20. The van der Waals surface area contributed by atoms with Gasteiger partial charge in [-0.2, -0.15) is 0 Å². The molecule has 0 radical (unpaired) electrons. The van der Waals surface area contributed by atoms with Crippen LogP contribution in [0.25, 0.3) is 0 Å². The first kappa shape index (κ1) is 14.4. The highest BCUT2D eigenvalue weighted by Gasteiger charge is 2.48. The molecule has 0 aromatic rings. The molecule has 0 heterocycles. The highest BCUT2D eigenvalue weighted by atomic mass is 14.5. The maximum absolute atomic E-state index is 2.56. The zero-order valence-electron chi connectivity index (χ0n) is 13.2. The molecule has 106 valence electrons. The van der Waals surface area contributed by atoms with Crippen LogP contribution in [0.5, 0.6) is 0 Å². The van der Waals surface area contributed by atoms with E-state index in [9.17, 15) is 0 Å². The second-order valence-corrected chi connectivity index (χ2v) is 8.05. The van der Waals surface area contributed by atoms with Gasteiger partial charge in [0.2, 0.25) is 0 Å². The molecule has 0 aliphatic heterocycles. The minimum absolute atomic E-state index is 0.733. The van der Waals surface area contributed by atoms with Gasteiger partial charge in [-0.3, -0.25) is 0 Å². The van der Waals surface area contributed by atoms with Gasteiger partial charge < -0.3 is 0 Å². The minimum atomic E-state index is 0.733. The third-order valence-electron chi connectivity index (χ3n) is 6.60. The molecule has 3 rings (SSSR count). The lowest BCUT2D eigenvalue weighted by Gasteiger charge is -2.55. The van der Waals surface area contributed by atoms with Crippen LogP contribution < -0.4 is 0 Å². The number of hydrogen-bond acceptors (Lipinski definition) is 0. The standard InChI is InChI=1S/C18H34/c1-5-6-15(2)7-8-16(3)18-12-9-17(4,10-13-18)11-14-18/h15-16H,5-14H2,1-4H3. The Bertz CT molecular complexity index is 241. The van der Waals surface area contributed by atoms with Crippen LogP contribution in [0.1, 0.15) is 91.9 Å². The van der Waals surface area contributed by atoms with Crippen LogP contribution in [-0.2, 0) is 0 Å². The third-order valence-corrected chi connectivity index (χ3v) is 6.60. The van der Waals surface area contributed by atoms with Gasteiger partial charge in [0.25, 0.3) is 0 Å². The van der Waals surface area contributed by atoms with Crippen molar-refractivity contribution in [3.05, 3.63) is 0 Å². The topological polar surface area (TPSA) is 0 Å². The fourth-order valence-corrected chi connectivity index (χ4v) is 4.62. The van der Waals surface area contributed by atoms with Crippen LogP contribution in [0.15, 0.2) is 0 Å². The Balaban J connectivity index is 1.83. The second kappa shape index (κ2) is 5.55. The van der Waals surface area contributed by atoms with E-state index in [0.29, 0.717) is 0 Å². The first-order valence-corrected chi connectivity index (χ1v) is 8.50. The normalized spacial score (nSPS) is 38.7. The van der Waals surface area contributed by atoms with Crippen molar-refractivity contribution < 1.29 is 0 Å². The number of rotatable bonds is 6. The van der Waals surface area contributed by atoms with Crippen LogP contribution in [0.3, 0.4) is 0 Å². The van der Waals surface area contributed by atoms with Gasteiger partial charge in [-0.1, -0.05) is 47.0 Å². The zero-order valence-corrected chi connectivity index (χ0v) is 13.2. The van der Waals surface area contributed by atoms with Gasteiger partial charge in [0.05, 0.1) is 0 Å². The van der Waals surface area contributed by atoms with Gasteiger partial charge in [0.15, 0.2) is 0 Å². The van der Waals surface area contributed by atoms with Crippen LogP contribution in [-0.4, -0.2) is 0 Å². The average molecular weight is 250 g/mol. The van der Waals surface area contributed by atoms with Crippen molar-refractivity contribution in [3.8, 4) is 0 Å². The summed E-state index contributed by atoms with van der Waals surface area (Å²) in [6.45, 7) is 9.87. The smallest absolute Gasteiger partial charge is 0.0271 e. The first-order valence-electron chi connectivity index (χ1n) is 8.50. The Morgan fingerprint density at radius 1 is 0.833 bits per heavy atom. The molecule has 3 aliphatic rings. The van der Waals surface area contributed by atoms with Crippen molar-refractivity contribution in [1.82, 2.24) is 0 Å². The molecular formula is C18H34. The molecule has 0 heteroatoms. The van der Waals surface area contributed by atoms with E-state index in [1.54, 1.807) is 0 Å². The van der Waals surface area contributed by atoms with Gasteiger partial charge in [0, 0.05) is 0 Å². The van der Waals surface area contributed by atoms with E-state index < -0.39 is 0 Å². The summed E-state index contributed by atoms with van der Waals surface area (Å²) in [7, 11) is 0. The van der Waals surface area contributed by atoms with Crippen molar-refractivity contribution >= 4 is 0 Å². The monoisotopic (exact) mass is 250 g/mol. The van der Waals surface area contributed by atoms with E-state index in [1.165, 1.54) is 64.2 Å². The lowest BCUT2D eigenvalue weighted by atomic mass is 9.50. The van der Waals surface area contributed by atoms with Crippen LogP contribution in [0.2, 0.25) is 0 Å². The third kappa shape index (κ3) is 2.94. The summed E-state index contributed by atoms with van der Waals surface area (Å²) < 4.78 is 0. The zero-order chi connectivity index (χ0) is 13.2. The van der Waals surface area contributed by atoms with Crippen LogP contribution in [0, 0.1) is 22.7 Å². The maximum Gasteiger partial charge on any atom is -0.0271 e. The number of fused-ring (bicyclic) bond motifs is 3. The van der Waals surface area contributed by atoms with Crippen LogP contribution >= 0.6 is 0 Å². The van der Waals surface area contributed by atoms with Crippen LogP contribution in [0.4, 0.5) is 0 Å². The Morgan fingerprint density at radius 3 is 1.89 bits per heavy atom. The molecule has 0 spiro atoms. The van der Waals surface area contributed by atoms with Crippen molar-refractivity contribution in [2.24, 2.45) is 22.7 Å². The molecule has 18 heavy (non-hydrogen) atoms. The summed E-state index contributed by atoms with van der Waals surface area (Å²) in [6, 6.07) is 0. The van der Waals surface area contributed by atoms with E-state index in [4.69, 9.17) is 0 Å². The highest BCUT2D eigenvalue weighted by Crippen LogP contribution is 2.60. The van der Waals surface area contributed by atoms with E-state index in [1.807, 2.05) is 0 Å². The Kier molecular flexibility index (Phi) is 4.44. The maximum atomic E-state index is 2.56. The van der Waals surface area contributed by atoms with Gasteiger partial charge in [-0.15, -0.1) is 0 Å². The molecule has 2 unspecified atom stereocenters. The van der Waals surface area contributed by atoms with Crippen molar-refractivity contribution in [2.45, 2.75) is 91.9 Å². The average Bonchev–Trinajstić information content (AvgIpc) is 2.37. The number of hydrogen-bond donors (Lipinski definition) is 0. The summed E-state index contributed by atoms with van der Waals surface area (Å²) >= 11 is 0. The highest BCUT2D eigenvalue weighted by molar-refractivity contribution is 4.99. The molecule has 3 saturated carbocycles. The van der Waals surface area contributed by atoms with Gasteiger partial charge in [-0.05, 0) is 67.6 Å². The van der Waals surface area contributed by atoms with Gasteiger partial charge in [0.1, 0.15) is 0 Å². The molecule has 0 N–H and O–H groups in total. The van der Waals surface area contributed by atoms with Crippen molar-refractivity contribution in [2.75, 3.05) is 0 Å². The van der Waals surface area contributed by atoms with Gasteiger partial charge in [-0.25, -0.2) is 0 Å². The minimum Gasteiger partial charge on any atom is -0.0654 e. The van der Waals surface area contributed by atoms with Crippen molar-refractivity contribution in [3.63, 3.8) is 0 Å². The molecule has 3 fully saturated rings. The van der Waals surface area contributed by atoms with Gasteiger partial charge >= 0.3 is 0 Å². The summed E-state index contributed by atoms with van der Waals surface area (Å²) in [5, 5.41) is 0. The van der Waals surface area contributed by atoms with Crippen molar-refractivity contribution in [1.29, 1.82) is 0 Å². The molecule has 2 atom stereocenters. The fraction of sp³-hybridized carbons (Fsp3) is 1.00. The molecule has 0 amide bonds. The summed E-state index contributed by atoms with van der Waals surface area (Å²) in [5.74, 6) is 1.92. The first-order chi connectivity index (χ1) is 8.50. The molecule has 0 aromatic heterocycles. The molecule has 2 bridgehead atoms. The Hall–Kier alpha value is 0. The Labute approximate surface area is 115 Å². The molecule has 0 aromatic carbocycles. The fourth-order valence-electron chi connectivity index (χ4n) is 4.62. The van der Waals surface area contributed by atoms with E-state index >= 15 is 0 Å².